The lowest BCUT2D eigenvalue weighted by Crippen LogP contribution is -2.36. The Bertz CT molecular complexity index is 474. The summed E-state index contributed by atoms with van der Waals surface area (Å²) in [6.07, 6.45) is 0.642. The summed E-state index contributed by atoms with van der Waals surface area (Å²) in [5.41, 5.74) is 7.90. The van der Waals surface area contributed by atoms with Gasteiger partial charge in [-0.1, -0.05) is 19.9 Å². The molecule has 0 aliphatic carbocycles. The van der Waals surface area contributed by atoms with Crippen LogP contribution in [0.1, 0.15) is 31.4 Å². The van der Waals surface area contributed by atoms with Crippen molar-refractivity contribution in [2.24, 2.45) is 11.7 Å². The molecular formula is C14H19N3O. The zero-order chi connectivity index (χ0) is 13.7. The molecule has 0 spiro atoms. The fourth-order valence-electron chi connectivity index (χ4n) is 1.67. The molecule has 3 N–H and O–H groups in total. The number of carbonyl (C=O) groups excluding carboxylic acids is 1. The van der Waals surface area contributed by atoms with E-state index in [2.05, 4.69) is 5.32 Å². The number of amides is 1. The number of aryl methyl sites for hydroxylation is 1. The molecule has 1 aromatic carbocycles. The summed E-state index contributed by atoms with van der Waals surface area (Å²) in [4.78, 5) is 11.9. The van der Waals surface area contributed by atoms with Gasteiger partial charge in [-0.15, -0.1) is 0 Å². The smallest absolute Gasteiger partial charge is 0.241 e. The summed E-state index contributed by atoms with van der Waals surface area (Å²) in [5.74, 6) is 0.166. The topological polar surface area (TPSA) is 78.9 Å². The van der Waals surface area contributed by atoms with Crippen LogP contribution in [0.2, 0.25) is 0 Å². The van der Waals surface area contributed by atoms with Crippen molar-refractivity contribution < 1.29 is 4.79 Å². The molecule has 0 aromatic heterocycles. The Labute approximate surface area is 108 Å². The molecule has 96 valence electrons. The van der Waals surface area contributed by atoms with E-state index < -0.39 is 6.04 Å². The van der Waals surface area contributed by atoms with Gasteiger partial charge >= 0.3 is 0 Å². The molecule has 0 unspecified atom stereocenters. The molecule has 1 amide bonds. The first-order valence-electron chi connectivity index (χ1n) is 6.01. The molecule has 0 aliphatic rings. The summed E-state index contributed by atoms with van der Waals surface area (Å²) in [5, 5.41) is 11.6. The monoisotopic (exact) mass is 245 g/mol. The first-order valence-corrected chi connectivity index (χ1v) is 6.01. The third kappa shape index (κ3) is 3.86. The molecule has 1 rings (SSSR count). The summed E-state index contributed by atoms with van der Waals surface area (Å²) in [6, 6.07) is 6.72. The van der Waals surface area contributed by atoms with Gasteiger partial charge in [0.05, 0.1) is 17.7 Å². The van der Waals surface area contributed by atoms with Crippen LogP contribution >= 0.6 is 0 Å². The highest BCUT2D eigenvalue weighted by Crippen LogP contribution is 2.17. The Morgan fingerprint density at radius 1 is 1.50 bits per heavy atom. The standard InChI is InChI=1S/C14H19N3O/c1-9(2)6-12(16)14(18)17-13-7-11(8-15)5-4-10(13)3/h4-5,7,9,12H,6,16H2,1-3H3,(H,17,18)/t12-/m0/s1. The quantitative estimate of drug-likeness (QED) is 0.853. The second-order valence-corrected chi connectivity index (χ2v) is 4.87. The maximum absolute atomic E-state index is 11.9. The van der Waals surface area contributed by atoms with Crippen molar-refractivity contribution in [1.82, 2.24) is 0 Å². The molecule has 0 aliphatic heterocycles. The number of nitrogens with two attached hydrogens (primary N) is 1. The predicted molar refractivity (Wildman–Crippen MR) is 72.0 cm³/mol. The lowest BCUT2D eigenvalue weighted by molar-refractivity contribution is -0.117. The minimum absolute atomic E-state index is 0.207. The fourth-order valence-corrected chi connectivity index (χ4v) is 1.67. The molecule has 1 atom stereocenters. The van der Waals surface area contributed by atoms with E-state index >= 15 is 0 Å². The lowest BCUT2D eigenvalue weighted by Gasteiger charge is -2.15. The van der Waals surface area contributed by atoms with Gasteiger partial charge in [0, 0.05) is 5.69 Å². The van der Waals surface area contributed by atoms with Gasteiger partial charge in [0.1, 0.15) is 0 Å². The van der Waals surface area contributed by atoms with Gasteiger partial charge in [-0.25, -0.2) is 0 Å². The summed E-state index contributed by atoms with van der Waals surface area (Å²) in [6.45, 7) is 5.92. The van der Waals surface area contributed by atoms with Crippen molar-refractivity contribution >= 4 is 11.6 Å². The Balaban J connectivity index is 2.78. The van der Waals surface area contributed by atoms with Crippen molar-refractivity contribution in [3.63, 3.8) is 0 Å². The molecule has 4 nitrogen and oxygen atoms in total. The van der Waals surface area contributed by atoms with Crippen LogP contribution in [0.5, 0.6) is 0 Å². The highest BCUT2D eigenvalue weighted by Gasteiger charge is 2.15. The highest BCUT2D eigenvalue weighted by molar-refractivity contribution is 5.95. The van der Waals surface area contributed by atoms with E-state index in [0.29, 0.717) is 23.6 Å². The van der Waals surface area contributed by atoms with E-state index in [4.69, 9.17) is 11.0 Å². The number of hydrogen-bond donors (Lipinski definition) is 2. The van der Waals surface area contributed by atoms with E-state index in [1.807, 2.05) is 32.9 Å². The number of benzene rings is 1. The van der Waals surface area contributed by atoms with Gasteiger partial charge in [0.2, 0.25) is 5.91 Å². The minimum atomic E-state index is -0.518. The van der Waals surface area contributed by atoms with Crippen molar-refractivity contribution in [2.45, 2.75) is 33.2 Å². The van der Waals surface area contributed by atoms with Crippen molar-refractivity contribution in [3.05, 3.63) is 29.3 Å². The third-order valence-electron chi connectivity index (χ3n) is 2.69. The van der Waals surface area contributed by atoms with Crippen LogP contribution < -0.4 is 11.1 Å². The number of anilines is 1. The Morgan fingerprint density at radius 2 is 2.17 bits per heavy atom. The average molecular weight is 245 g/mol. The van der Waals surface area contributed by atoms with Crippen molar-refractivity contribution in [2.75, 3.05) is 5.32 Å². The third-order valence-corrected chi connectivity index (χ3v) is 2.69. The molecule has 18 heavy (non-hydrogen) atoms. The maximum atomic E-state index is 11.9. The van der Waals surface area contributed by atoms with Crippen molar-refractivity contribution in [1.29, 1.82) is 5.26 Å². The molecular weight excluding hydrogens is 226 g/mol. The molecule has 0 saturated carbocycles. The molecule has 0 fully saturated rings. The van der Waals surface area contributed by atoms with Crippen LogP contribution in [0.3, 0.4) is 0 Å². The number of nitrogens with one attached hydrogen (secondary N) is 1. The van der Waals surface area contributed by atoms with Crippen LogP contribution in [0.15, 0.2) is 18.2 Å². The van der Waals surface area contributed by atoms with Crippen molar-refractivity contribution in [3.8, 4) is 6.07 Å². The minimum Gasteiger partial charge on any atom is -0.324 e. The first-order chi connectivity index (χ1) is 8.43. The van der Waals surface area contributed by atoms with Crippen LogP contribution in [0, 0.1) is 24.2 Å². The molecule has 0 heterocycles. The molecule has 0 saturated heterocycles. The van der Waals surface area contributed by atoms with Gasteiger partial charge in [0.15, 0.2) is 0 Å². The number of hydrogen-bond acceptors (Lipinski definition) is 3. The first kappa shape index (κ1) is 14.2. The SMILES string of the molecule is Cc1ccc(C#N)cc1NC(=O)[C@@H](N)CC(C)C. The van der Waals surface area contributed by atoms with Crippen LogP contribution in [0.25, 0.3) is 0 Å². The lowest BCUT2D eigenvalue weighted by atomic mass is 10.0. The van der Waals surface area contributed by atoms with Gasteiger partial charge < -0.3 is 11.1 Å². The predicted octanol–water partition coefficient (Wildman–Crippen LogP) is 2.18. The molecule has 1 aromatic rings. The second-order valence-electron chi connectivity index (χ2n) is 4.87. The normalized spacial score (nSPS) is 12.0. The largest absolute Gasteiger partial charge is 0.324 e. The number of rotatable bonds is 4. The average Bonchev–Trinajstić information content (AvgIpc) is 2.31. The van der Waals surface area contributed by atoms with Gasteiger partial charge in [-0.05, 0) is 37.0 Å². The second kappa shape index (κ2) is 6.18. The Kier molecular flexibility index (Phi) is 4.87. The highest BCUT2D eigenvalue weighted by atomic mass is 16.2. The van der Waals surface area contributed by atoms with Crippen LogP contribution in [0.4, 0.5) is 5.69 Å². The summed E-state index contributed by atoms with van der Waals surface area (Å²) < 4.78 is 0. The van der Waals surface area contributed by atoms with E-state index in [0.717, 1.165) is 5.56 Å². The van der Waals surface area contributed by atoms with E-state index in [9.17, 15) is 4.79 Å². The van der Waals surface area contributed by atoms with Gasteiger partial charge in [-0.3, -0.25) is 4.79 Å². The van der Waals surface area contributed by atoms with Crippen LogP contribution in [-0.4, -0.2) is 11.9 Å². The molecule has 4 heteroatoms. The van der Waals surface area contributed by atoms with Gasteiger partial charge in [0.25, 0.3) is 0 Å². The fraction of sp³-hybridized carbons (Fsp3) is 0.429. The zero-order valence-corrected chi connectivity index (χ0v) is 11.0. The molecule has 0 bridgehead atoms. The van der Waals surface area contributed by atoms with E-state index in [1.54, 1.807) is 12.1 Å². The van der Waals surface area contributed by atoms with E-state index in [1.165, 1.54) is 0 Å². The number of nitriles is 1. The Hall–Kier alpha value is -1.86. The summed E-state index contributed by atoms with van der Waals surface area (Å²) in [7, 11) is 0. The van der Waals surface area contributed by atoms with Crippen LogP contribution in [-0.2, 0) is 4.79 Å². The zero-order valence-electron chi connectivity index (χ0n) is 11.0. The van der Waals surface area contributed by atoms with Gasteiger partial charge in [-0.2, -0.15) is 5.26 Å². The number of carbonyl (C=O) groups is 1. The molecule has 0 radical (unpaired) electrons. The Morgan fingerprint density at radius 3 is 2.72 bits per heavy atom. The number of nitrogens with zero attached hydrogens (tertiary/aromatic N) is 1. The van der Waals surface area contributed by atoms with E-state index in [-0.39, 0.29) is 5.91 Å². The maximum Gasteiger partial charge on any atom is 0.241 e. The summed E-state index contributed by atoms with van der Waals surface area (Å²) >= 11 is 0.